The average Bonchev–Trinajstić information content (AvgIpc) is 2.88. The molecule has 1 aromatic rings. The maximum atomic E-state index is 12.4. The van der Waals surface area contributed by atoms with Gasteiger partial charge in [0, 0.05) is 18.2 Å². The molecule has 1 aliphatic rings. The largest absolute Gasteiger partial charge is 0.379 e. The Morgan fingerprint density at radius 1 is 1.38 bits per heavy atom. The molecule has 0 unspecified atom stereocenters. The molecule has 4 heteroatoms. The SMILES string of the molecule is Cc1cc(C)c(C(=O)N[C@H](C)CO[C@H]2CCOC2)c(C)c1. The topological polar surface area (TPSA) is 47.6 Å². The zero-order chi connectivity index (χ0) is 15.4. The molecule has 2 atom stereocenters. The van der Waals surface area contributed by atoms with E-state index in [1.165, 1.54) is 5.56 Å². The minimum absolute atomic E-state index is 0.0156. The molecule has 1 fully saturated rings. The first-order chi connectivity index (χ1) is 9.97. The molecule has 0 radical (unpaired) electrons. The lowest BCUT2D eigenvalue weighted by atomic mass is 9.99. The summed E-state index contributed by atoms with van der Waals surface area (Å²) < 4.78 is 11.0. The van der Waals surface area contributed by atoms with Crippen LogP contribution in [-0.4, -0.2) is 37.9 Å². The van der Waals surface area contributed by atoms with Crippen molar-refractivity contribution in [1.29, 1.82) is 0 Å². The van der Waals surface area contributed by atoms with E-state index in [1.54, 1.807) is 0 Å². The van der Waals surface area contributed by atoms with Crippen LogP contribution < -0.4 is 5.32 Å². The highest BCUT2D eigenvalue weighted by atomic mass is 16.5. The van der Waals surface area contributed by atoms with E-state index in [0.29, 0.717) is 13.2 Å². The Morgan fingerprint density at radius 3 is 2.62 bits per heavy atom. The minimum atomic E-state index is -0.0243. The number of benzene rings is 1. The molecule has 1 aliphatic heterocycles. The highest BCUT2D eigenvalue weighted by molar-refractivity contribution is 5.97. The van der Waals surface area contributed by atoms with Gasteiger partial charge in [-0.1, -0.05) is 17.7 Å². The van der Waals surface area contributed by atoms with E-state index >= 15 is 0 Å². The Balaban J connectivity index is 1.91. The maximum absolute atomic E-state index is 12.4. The summed E-state index contributed by atoms with van der Waals surface area (Å²) in [6.07, 6.45) is 1.11. The second-order valence-electron chi connectivity index (χ2n) is 5.97. The highest BCUT2D eigenvalue weighted by Crippen LogP contribution is 2.16. The standard InChI is InChI=1S/C17H25NO3/c1-11-7-12(2)16(13(3)8-11)17(19)18-14(4)9-21-15-5-6-20-10-15/h7-8,14-15H,5-6,9-10H2,1-4H3,(H,18,19)/t14-,15+/m1/s1. The summed E-state index contributed by atoms with van der Waals surface area (Å²) in [4.78, 5) is 12.4. The van der Waals surface area contributed by atoms with E-state index in [2.05, 4.69) is 5.32 Å². The van der Waals surface area contributed by atoms with Crippen molar-refractivity contribution in [3.8, 4) is 0 Å². The van der Waals surface area contributed by atoms with Crippen LogP contribution in [-0.2, 0) is 9.47 Å². The van der Waals surface area contributed by atoms with Crippen molar-refractivity contribution in [2.45, 2.75) is 46.3 Å². The molecule has 1 saturated heterocycles. The molecule has 0 aromatic heterocycles. The maximum Gasteiger partial charge on any atom is 0.252 e. The van der Waals surface area contributed by atoms with Crippen molar-refractivity contribution in [1.82, 2.24) is 5.32 Å². The number of carbonyl (C=O) groups excluding carboxylic acids is 1. The fraction of sp³-hybridized carbons (Fsp3) is 0.588. The zero-order valence-electron chi connectivity index (χ0n) is 13.4. The smallest absolute Gasteiger partial charge is 0.252 e. The van der Waals surface area contributed by atoms with Crippen LogP contribution in [0.1, 0.15) is 40.4 Å². The lowest BCUT2D eigenvalue weighted by molar-refractivity contribution is 0.0318. The molecule has 0 bridgehead atoms. The summed E-state index contributed by atoms with van der Waals surface area (Å²) >= 11 is 0. The van der Waals surface area contributed by atoms with Crippen LogP contribution >= 0.6 is 0 Å². The van der Waals surface area contributed by atoms with Crippen LogP contribution in [0.5, 0.6) is 0 Å². The third kappa shape index (κ3) is 4.29. The van der Waals surface area contributed by atoms with Crippen LogP contribution in [0.4, 0.5) is 0 Å². The van der Waals surface area contributed by atoms with E-state index in [9.17, 15) is 4.79 Å². The van der Waals surface area contributed by atoms with E-state index < -0.39 is 0 Å². The van der Waals surface area contributed by atoms with E-state index in [0.717, 1.165) is 29.7 Å². The van der Waals surface area contributed by atoms with Gasteiger partial charge in [0.15, 0.2) is 0 Å². The second-order valence-corrected chi connectivity index (χ2v) is 5.97. The minimum Gasteiger partial charge on any atom is -0.379 e. The lowest BCUT2D eigenvalue weighted by Crippen LogP contribution is -2.37. The molecule has 1 heterocycles. The summed E-state index contributed by atoms with van der Waals surface area (Å²) in [5, 5.41) is 3.02. The van der Waals surface area contributed by atoms with Crippen LogP contribution in [0.25, 0.3) is 0 Å². The predicted molar refractivity (Wildman–Crippen MR) is 82.8 cm³/mol. The molecule has 1 aromatic carbocycles. The molecule has 1 N–H and O–H groups in total. The van der Waals surface area contributed by atoms with Crippen LogP contribution in [0.15, 0.2) is 12.1 Å². The number of rotatable bonds is 5. The van der Waals surface area contributed by atoms with Crippen LogP contribution in [0, 0.1) is 20.8 Å². The number of hydrogen-bond donors (Lipinski definition) is 1. The molecule has 0 aliphatic carbocycles. The lowest BCUT2D eigenvalue weighted by Gasteiger charge is -2.18. The molecule has 21 heavy (non-hydrogen) atoms. The normalized spacial score (nSPS) is 19.5. The first-order valence-corrected chi connectivity index (χ1v) is 7.55. The number of amides is 1. The molecule has 0 spiro atoms. The Bertz CT molecular complexity index is 484. The quantitative estimate of drug-likeness (QED) is 0.907. The first-order valence-electron chi connectivity index (χ1n) is 7.55. The van der Waals surface area contributed by atoms with Gasteiger partial charge >= 0.3 is 0 Å². The van der Waals surface area contributed by atoms with Crippen molar-refractivity contribution >= 4 is 5.91 Å². The summed E-state index contributed by atoms with van der Waals surface area (Å²) in [5.74, 6) is -0.0243. The van der Waals surface area contributed by atoms with Gasteiger partial charge in [-0.25, -0.2) is 0 Å². The Hall–Kier alpha value is -1.39. The predicted octanol–water partition coefficient (Wildman–Crippen LogP) is 2.54. The first kappa shape index (κ1) is 16.0. The summed E-state index contributed by atoms with van der Waals surface area (Å²) in [5.41, 5.74) is 3.99. The molecule has 2 rings (SSSR count). The Labute approximate surface area is 126 Å². The third-order valence-electron chi connectivity index (χ3n) is 3.75. The van der Waals surface area contributed by atoms with Gasteiger partial charge in [0.2, 0.25) is 0 Å². The van der Waals surface area contributed by atoms with Crippen molar-refractivity contribution in [2.75, 3.05) is 19.8 Å². The summed E-state index contributed by atoms with van der Waals surface area (Å²) in [6.45, 7) is 9.92. The molecular weight excluding hydrogens is 266 g/mol. The zero-order valence-corrected chi connectivity index (χ0v) is 13.4. The monoisotopic (exact) mass is 291 g/mol. The van der Waals surface area contributed by atoms with Gasteiger partial charge in [0.1, 0.15) is 0 Å². The van der Waals surface area contributed by atoms with E-state index in [4.69, 9.17) is 9.47 Å². The molecular formula is C17H25NO3. The molecule has 4 nitrogen and oxygen atoms in total. The molecule has 1 amide bonds. The van der Waals surface area contributed by atoms with Gasteiger partial charge < -0.3 is 14.8 Å². The van der Waals surface area contributed by atoms with E-state index in [1.807, 2.05) is 39.8 Å². The van der Waals surface area contributed by atoms with Crippen molar-refractivity contribution in [3.05, 3.63) is 34.4 Å². The third-order valence-corrected chi connectivity index (χ3v) is 3.75. The number of ether oxygens (including phenoxy) is 2. The summed E-state index contributed by atoms with van der Waals surface area (Å²) in [6, 6.07) is 4.07. The molecule has 116 valence electrons. The fourth-order valence-electron chi connectivity index (χ4n) is 2.80. The Morgan fingerprint density at radius 2 is 2.05 bits per heavy atom. The Kier molecular flexibility index (Phi) is 5.37. The van der Waals surface area contributed by atoms with Crippen molar-refractivity contribution in [2.24, 2.45) is 0 Å². The van der Waals surface area contributed by atoms with E-state index in [-0.39, 0.29) is 18.1 Å². The average molecular weight is 291 g/mol. The van der Waals surface area contributed by atoms with Gasteiger partial charge in [-0.15, -0.1) is 0 Å². The van der Waals surface area contributed by atoms with Crippen LogP contribution in [0.3, 0.4) is 0 Å². The fourth-order valence-corrected chi connectivity index (χ4v) is 2.80. The van der Waals surface area contributed by atoms with Crippen molar-refractivity contribution in [3.63, 3.8) is 0 Å². The number of aryl methyl sites for hydroxylation is 3. The number of nitrogens with one attached hydrogen (secondary N) is 1. The molecule has 0 saturated carbocycles. The van der Waals surface area contributed by atoms with Gasteiger partial charge in [0.25, 0.3) is 5.91 Å². The van der Waals surface area contributed by atoms with Gasteiger partial charge in [0.05, 0.1) is 19.3 Å². The van der Waals surface area contributed by atoms with Gasteiger partial charge in [-0.3, -0.25) is 4.79 Å². The van der Waals surface area contributed by atoms with Gasteiger partial charge in [-0.2, -0.15) is 0 Å². The summed E-state index contributed by atoms with van der Waals surface area (Å²) in [7, 11) is 0. The van der Waals surface area contributed by atoms with Crippen molar-refractivity contribution < 1.29 is 14.3 Å². The number of hydrogen-bond acceptors (Lipinski definition) is 3. The highest BCUT2D eigenvalue weighted by Gasteiger charge is 2.19. The van der Waals surface area contributed by atoms with Crippen LogP contribution in [0.2, 0.25) is 0 Å². The van der Waals surface area contributed by atoms with Gasteiger partial charge in [-0.05, 0) is 45.2 Å². The second kappa shape index (κ2) is 7.05. The number of carbonyl (C=O) groups is 1.